The Morgan fingerprint density at radius 2 is 1.63 bits per heavy atom. The lowest BCUT2D eigenvalue weighted by molar-refractivity contribution is -0.118. The van der Waals surface area contributed by atoms with Crippen LogP contribution in [-0.4, -0.2) is 17.1 Å². The van der Waals surface area contributed by atoms with Crippen molar-refractivity contribution in [3.05, 3.63) is 54.1 Å². The van der Waals surface area contributed by atoms with E-state index in [9.17, 15) is 9.59 Å². The van der Waals surface area contributed by atoms with Crippen LogP contribution in [0, 0.1) is 12.3 Å². The molecule has 0 saturated heterocycles. The Kier molecular flexibility index (Phi) is 7.08. The second-order valence-corrected chi connectivity index (χ2v) is 9.29. The van der Waals surface area contributed by atoms with E-state index in [4.69, 9.17) is 0 Å². The molecule has 0 aliphatic carbocycles. The first-order valence-corrected chi connectivity index (χ1v) is 9.95. The highest BCUT2D eigenvalue weighted by molar-refractivity contribution is 8.00. The second kappa shape index (κ2) is 9.09. The summed E-state index contributed by atoms with van der Waals surface area (Å²) in [4.78, 5) is 25.4. The summed E-state index contributed by atoms with van der Waals surface area (Å²) in [5.41, 5.74) is 2.61. The van der Waals surface area contributed by atoms with Crippen molar-refractivity contribution in [2.45, 2.75) is 51.2 Å². The molecule has 5 heteroatoms. The molecule has 0 spiro atoms. The van der Waals surface area contributed by atoms with E-state index >= 15 is 0 Å². The number of nitrogens with one attached hydrogen (secondary N) is 2. The van der Waals surface area contributed by atoms with Gasteiger partial charge in [0, 0.05) is 22.7 Å². The first-order valence-electron chi connectivity index (χ1n) is 9.07. The van der Waals surface area contributed by atoms with Crippen molar-refractivity contribution in [2.75, 3.05) is 10.6 Å². The van der Waals surface area contributed by atoms with Gasteiger partial charge in [-0.25, -0.2) is 0 Å². The molecule has 2 aromatic carbocycles. The number of carbonyl (C=O) groups is 2. The first kappa shape index (κ1) is 21.0. The Bertz CT molecular complexity index is 795. The van der Waals surface area contributed by atoms with Crippen molar-refractivity contribution in [2.24, 2.45) is 5.41 Å². The van der Waals surface area contributed by atoms with Gasteiger partial charge in [0.1, 0.15) is 0 Å². The number of aryl methyl sites for hydroxylation is 1. The van der Waals surface area contributed by atoms with Gasteiger partial charge in [0.15, 0.2) is 0 Å². The van der Waals surface area contributed by atoms with Crippen molar-refractivity contribution < 1.29 is 9.59 Å². The molecule has 0 bridgehead atoms. The van der Waals surface area contributed by atoms with Crippen molar-refractivity contribution >= 4 is 35.0 Å². The number of anilines is 2. The number of rotatable bonds is 6. The lowest BCUT2D eigenvalue weighted by Gasteiger charge is -2.17. The van der Waals surface area contributed by atoms with Crippen LogP contribution in [0.2, 0.25) is 0 Å². The lowest BCUT2D eigenvalue weighted by Crippen LogP contribution is -2.22. The second-order valence-electron chi connectivity index (χ2n) is 7.87. The zero-order valence-corrected chi connectivity index (χ0v) is 17.4. The fourth-order valence-corrected chi connectivity index (χ4v) is 3.38. The number of para-hydroxylation sites is 1. The van der Waals surface area contributed by atoms with Crippen molar-refractivity contribution in [1.29, 1.82) is 0 Å². The maximum atomic E-state index is 12.4. The molecule has 0 aliphatic heterocycles. The maximum Gasteiger partial charge on any atom is 0.237 e. The molecule has 0 heterocycles. The minimum absolute atomic E-state index is 0.00822. The van der Waals surface area contributed by atoms with E-state index in [0.717, 1.165) is 21.8 Å². The maximum absolute atomic E-state index is 12.4. The van der Waals surface area contributed by atoms with E-state index < -0.39 is 0 Å². The Morgan fingerprint density at radius 1 is 1.00 bits per heavy atom. The fraction of sp³-hybridized carbons (Fsp3) is 0.364. The summed E-state index contributed by atoms with van der Waals surface area (Å²) in [6, 6.07) is 15.3. The molecule has 0 saturated carbocycles. The third-order valence-corrected chi connectivity index (χ3v) is 5.03. The van der Waals surface area contributed by atoms with Gasteiger partial charge in [0.25, 0.3) is 0 Å². The van der Waals surface area contributed by atoms with Gasteiger partial charge in [0.2, 0.25) is 11.8 Å². The van der Waals surface area contributed by atoms with Crippen LogP contribution in [0.25, 0.3) is 0 Å². The predicted octanol–water partition coefficient (Wildman–Crippen LogP) is 5.49. The van der Waals surface area contributed by atoms with E-state index in [1.54, 1.807) is 0 Å². The molecule has 2 rings (SSSR count). The summed E-state index contributed by atoms with van der Waals surface area (Å²) >= 11 is 1.49. The molecule has 2 aromatic rings. The largest absolute Gasteiger partial charge is 0.326 e. The molecule has 27 heavy (non-hydrogen) atoms. The van der Waals surface area contributed by atoms with Gasteiger partial charge in [-0.2, -0.15) is 0 Å². The Hall–Kier alpha value is -2.27. The molecule has 1 unspecified atom stereocenters. The summed E-state index contributed by atoms with van der Waals surface area (Å²) < 4.78 is 0. The molecule has 0 radical (unpaired) electrons. The van der Waals surface area contributed by atoms with Crippen LogP contribution in [0.3, 0.4) is 0 Å². The number of benzene rings is 2. The van der Waals surface area contributed by atoms with Crippen LogP contribution in [0.15, 0.2) is 53.4 Å². The average Bonchev–Trinajstić information content (AvgIpc) is 2.57. The van der Waals surface area contributed by atoms with Crippen LogP contribution >= 0.6 is 11.8 Å². The molecular weight excluding hydrogens is 356 g/mol. The van der Waals surface area contributed by atoms with Crippen molar-refractivity contribution in [3.8, 4) is 0 Å². The van der Waals surface area contributed by atoms with Crippen molar-refractivity contribution in [1.82, 2.24) is 0 Å². The normalized spacial score (nSPS) is 12.3. The monoisotopic (exact) mass is 384 g/mol. The van der Waals surface area contributed by atoms with Crippen LogP contribution < -0.4 is 10.6 Å². The fourth-order valence-electron chi connectivity index (χ4n) is 2.51. The van der Waals surface area contributed by atoms with Crippen LogP contribution in [-0.2, 0) is 9.59 Å². The van der Waals surface area contributed by atoms with E-state index in [0.29, 0.717) is 6.42 Å². The predicted molar refractivity (Wildman–Crippen MR) is 114 cm³/mol. The Morgan fingerprint density at radius 3 is 2.22 bits per heavy atom. The summed E-state index contributed by atoms with van der Waals surface area (Å²) in [7, 11) is 0. The van der Waals surface area contributed by atoms with Gasteiger partial charge in [-0.1, -0.05) is 39.0 Å². The zero-order chi connectivity index (χ0) is 20.0. The third-order valence-electron chi connectivity index (χ3n) is 3.91. The number of thioether (sulfide) groups is 1. The molecule has 4 nitrogen and oxygen atoms in total. The topological polar surface area (TPSA) is 58.2 Å². The molecule has 144 valence electrons. The SMILES string of the molecule is Cc1ccccc1NC(=O)C(C)Sc1ccc(NC(=O)CC(C)(C)C)cc1. The highest BCUT2D eigenvalue weighted by atomic mass is 32.2. The van der Waals surface area contributed by atoms with Gasteiger partial charge < -0.3 is 10.6 Å². The third kappa shape index (κ3) is 7.10. The van der Waals surface area contributed by atoms with Crippen LogP contribution in [0.5, 0.6) is 0 Å². The molecule has 1 atom stereocenters. The summed E-state index contributed by atoms with van der Waals surface area (Å²) in [6.45, 7) is 9.97. The van der Waals surface area contributed by atoms with Crippen molar-refractivity contribution in [3.63, 3.8) is 0 Å². The highest BCUT2D eigenvalue weighted by Gasteiger charge is 2.17. The van der Waals surface area contributed by atoms with E-state index in [2.05, 4.69) is 10.6 Å². The van der Waals surface area contributed by atoms with E-state index in [-0.39, 0.29) is 22.5 Å². The first-order chi connectivity index (χ1) is 12.6. The Balaban J connectivity index is 1.90. The quantitative estimate of drug-likeness (QED) is 0.648. The number of hydrogen-bond donors (Lipinski definition) is 2. The minimum Gasteiger partial charge on any atom is -0.326 e. The molecule has 0 aliphatic rings. The number of amides is 2. The molecular formula is C22H28N2O2S. The van der Waals surface area contributed by atoms with Crippen LogP contribution in [0.1, 0.15) is 39.7 Å². The van der Waals surface area contributed by atoms with Gasteiger partial charge in [-0.3, -0.25) is 9.59 Å². The number of hydrogen-bond acceptors (Lipinski definition) is 3. The average molecular weight is 385 g/mol. The van der Waals surface area contributed by atoms with Crippen LogP contribution in [0.4, 0.5) is 11.4 Å². The van der Waals surface area contributed by atoms with E-state index in [1.807, 2.05) is 83.1 Å². The van der Waals surface area contributed by atoms with E-state index in [1.165, 1.54) is 11.8 Å². The molecule has 2 N–H and O–H groups in total. The smallest absolute Gasteiger partial charge is 0.237 e. The molecule has 0 aromatic heterocycles. The van der Waals surface area contributed by atoms with Gasteiger partial charge in [-0.15, -0.1) is 11.8 Å². The summed E-state index contributed by atoms with van der Waals surface area (Å²) in [6.07, 6.45) is 0.472. The standard InChI is InChI=1S/C22H28N2O2S/c1-15-8-6-7-9-19(15)24-21(26)16(2)27-18-12-10-17(11-13-18)23-20(25)14-22(3,4)5/h6-13,16H,14H2,1-5H3,(H,23,25)(H,24,26). The van der Waals surface area contributed by atoms with Gasteiger partial charge >= 0.3 is 0 Å². The summed E-state index contributed by atoms with van der Waals surface area (Å²) in [5.74, 6) is -0.0225. The highest BCUT2D eigenvalue weighted by Crippen LogP contribution is 2.26. The molecule has 2 amide bonds. The molecule has 0 fully saturated rings. The Labute approximate surface area is 166 Å². The minimum atomic E-state index is -0.231. The lowest BCUT2D eigenvalue weighted by atomic mass is 9.92. The zero-order valence-electron chi connectivity index (χ0n) is 16.6. The number of carbonyl (C=O) groups excluding carboxylic acids is 2. The summed E-state index contributed by atoms with van der Waals surface area (Å²) in [5, 5.41) is 5.66. The van der Waals surface area contributed by atoms with Gasteiger partial charge in [-0.05, 0) is 55.2 Å². The van der Waals surface area contributed by atoms with Gasteiger partial charge in [0.05, 0.1) is 5.25 Å².